The Morgan fingerprint density at radius 3 is 1.94 bits per heavy atom. The van der Waals surface area contributed by atoms with Gasteiger partial charge in [0.2, 0.25) is 0 Å². The second kappa shape index (κ2) is 7.38. The first kappa shape index (κ1) is 18.6. The predicted molar refractivity (Wildman–Crippen MR) is 64.8 cm³/mol. The van der Waals surface area contributed by atoms with Crippen molar-refractivity contribution in [2.24, 2.45) is 23.2 Å². The van der Waals surface area contributed by atoms with Crippen LogP contribution in [-0.4, -0.2) is 22.2 Å². The number of carboxylic acid groups (broad SMARTS) is 2. The van der Waals surface area contributed by atoms with Gasteiger partial charge in [-0.15, -0.1) is 0 Å². The van der Waals surface area contributed by atoms with Gasteiger partial charge < -0.3 is 11.6 Å². The Labute approximate surface area is 152 Å². The molecule has 0 aromatic heterocycles. The van der Waals surface area contributed by atoms with Gasteiger partial charge in [0.05, 0.1) is 0 Å². The fourth-order valence-electron chi connectivity index (χ4n) is 3.11. The average molecular weight is 282 g/mol. The van der Waals surface area contributed by atoms with Gasteiger partial charge in [-0.05, 0) is 30.1 Å². The smallest absolute Gasteiger partial charge is 1.00 e. The second-order valence-electron chi connectivity index (χ2n) is 6.07. The van der Waals surface area contributed by atoms with Gasteiger partial charge in [0, 0.05) is 0 Å². The average Bonchev–Trinajstić information content (AvgIpc) is 2.15. The molecule has 0 aliphatic heterocycles. The van der Waals surface area contributed by atoms with Gasteiger partial charge in [-0.2, -0.15) is 0 Å². The van der Waals surface area contributed by atoms with Crippen molar-refractivity contribution in [2.45, 2.75) is 46.5 Å². The van der Waals surface area contributed by atoms with Crippen LogP contribution in [0.25, 0.3) is 0 Å². The van der Waals surface area contributed by atoms with Gasteiger partial charge in [0.15, 0.2) is 5.92 Å². The molecule has 1 fully saturated rings. The van der Waals surface area contributed by atoms with Gasteiger partial charge in [0.1, 0.15) is 0 Å². The Bertz CT molecular complexity index is 300. The summed E-state index contributed by atoms with van der Waals surface area (Å²) in [5, 5.41) is 18.2. The molecule has 1 saturated carbocycles. The Morgan fingerprint density at radius 1 is 1.11 bits per heavy atom. The first-order valence-corrected chi connectivity index (χ1v) is 6.20. The van der Waals surface area contributed by atoms with E-state index in [1.54, 1.807) is 0 Å². The van der Waals surface area contributed by atoms with Crippen LogP contribution in [0.3, 0.4) is 0 Å². The first-order chi connectivity index (χ1) is 7.75. The van der Waals surface area contributed by atoms with Gasteiger partial charge in [0.25, 0.3) is 0 Å². The molecule has 100 valence electrons. The van der Waals surface area contributed by atoms with Gasteiger partial charge in [-0.3, -0.25) is 9.59 Å². The number of hydrogen-bond donors (Lipinski definition) is 2. The molecule has 4 nitrogen and oxygen atoms in total. The Balaban J connectivity index is 0. The van der Waals surface area contributed by atoms with Crippen molar-refractivity contribution in [3.05, 3.63) is 0 Å². The quantitative estimate of drug-likeness (QED) is 0.552. The van der Waals surface area contributed by atoms with Crippen LogP contribution >= 0.6 is 0 Å². The van der Waals surface area contributed by atoms with Crippen molar-refractivity contribution in [2.75, 3.05) is 0 Å². The number of hydrogen-bond acceptors (Lipinski definition) is 2. The fraction of sp³-hybridized carbons (Fsp3) is 0.846. The van der Waals surface area contributed by atoms with E-state index in [-0.39, 0.29) is 70.1 Å². The summed E-state index contributed by atoms with van der Waals surface area (Å²) in [4.78, 5) is 22.3. The summed E-state index contributed by atoms with van der Waals surface area (Å²) in [6, 6.07) is 0. The molecule has 0 bridgehead atoms. The van der Waals surface area contributed by atoms with E-state index in [4.69, 9.17) is 10.2 Å². The Hall–Kier alpha value is 0.576. The fourth-order valence-corrected chi connectivity index (χ4v) is 3.11. The van der Waals surface area contributed by atoms with E-state index >= 15 is 0 Å². The maximum Gasteiger partial charge on any atom is 1.00 e. The standard InChI is InChI=1S/C13H22O4.K.H/c1-13(2,3)9-7-5-4-6-8(9)10(11(14)15)12(16)17;;/h8-10H,4-7H2,1-3H3,(H,14,15)(H,16,17);;/q;+1;-1. The van der Waals surface area contributed by atoms with E-state index < -0.39 is 17.9 Å². The second-order valence-corrected chi connectivity index (χ2v) is 6.07. The predicted octanol–water partition coefficient (Wildman–Crippen LogP) is -0.259. The molecule has 1 aliphatic carbocycles. The topological polar surface area (TPSA) is 74.6 Å². The molecule has 0 aromatic rings. The van der Waals surface area contributed by atoms with Crippen LogP contribution in [0.15, 0.2) is 0 Å². The molecular weight excluding hydrogens is 259 g/mol. The Morgan fingerprint density at radius 2 is 1.56 bits per heavy atom. The van der Waals surface area contributed by atoms with E-state index in [1.165, 1.54) is 0 Å². The van der Waals surface area contributed by atoms with Crippen molar-refractivity contribution in [1.82, 2.24) is 0 Å². The molecular formula is C13H23KO4. The zero-order valence-corrected chi connectivity index (χ0v) is 14.9. The van der Waals surface area contributed by atoms with Gasteiger partial charge >= 0.3 is 63.3 Å². The summed E-state index contributed by atoms with van der Waals surface area (Å²) in [6.07, 6.45) is 3.66. The molecule has 0 heterocycles. The van der Waals surface area contributed by atoms with Crippen molar-refractivity contribution in [1.29, 1.82) is 0 Å². The van der Waals surface area contributed by atoms with E-state index in [9.17, 15) is 9.59 Å². The summed E-state index contributed by atoms with van der Waals surface area (Å²) in [7, 11) is 0. The molecule has 1 rings (SSSR count). The summed E-state index contributed by atoms with van der Waals surface area (Å²) in [5.74, 6) is -3.70. The SMILES string of the molecule is CC(C)(C)C1CCCCC1C(C(=O)O)C(=O)O.[H-].[K+]. The van der Waals surface area contributed by atoms with E-state index in [2.05, 4.69) is 20.8 Å². The Kier molecular flexibility index (Phi) is 7.62. The molecule has 0 aromatic carbocycles. The molecule has 0 amide bonds. The van der Waals surface area contributed by atoms with Crippen LogP contribution in [0.2, 0.25) is 0 Å². The first-order valence-electron chi connectivity index (χ1n) is 6.20. The maximum atomic E-state index is 11.1. The zero-order chi connectivity index (χ0) is 13.2. The molecule has 2 N–H and O–H groups in total. The van der Waals surface area contributed by atoms with Crippen LogP contribution in [0, 0.1) is 23.2 Å². The number of rotatable bonds is 3. The van der Waals surface area contributed by atoms with Crippen LogP contribution in [0.5, 0.6) is 0 Å². The number of carboxylic acids is 2. The molecule has 2 unspecified atom stereocenters. The number of aliphatic carboxylic acids is 2. The zero-order valence-electron chi connectivity index (χ0n) is 12.8. The van der Waals surface area contributed by atoms with E-state index in [1.807, 2.05) is 0 Å². The normalized spacial score (nSPS) is 24.4. The van der Waals surface area contributed by atoms with E-state index in [0.717, 1.165) is 19.3 Å². The minimum Gasteiger partial charge on any atom is -1.00 e. The number of carbonyl (C=O) groups is 2. The molecule has 18 heavy (non-hydrogen) atoms. The van der Waals surface area contributed by atoms with E-state index in [0.29, 0.717) is 6.42 Å². The maximum absolute atomic E-state index is 11.1. The minimum absolute atomic E-state index is 0. The van der Waals surface area contributed by atoms with Crippen LogP contribution in [0.1, 0.15) is 47.9 Å². The van der Waals surface area contributed by atoms with Crippen LogP contribution < -0.4 is 51.4 Å². The van der Waals surface area contributed by atoms with Crippen molar-refractivity contribution in [3.8, 4) is 0 Å². The molecule has 2 atom stereocenters. The van der Waals surface area contributed by atoms with Crippen LogP contribution in [-0.2, 0) is 9.59 Å². The largest absolute Gasteiger partial charge is 1.00 e. The third kappa shape index (κ3) is 4.60. The minimum atomic E-state index is -1.25. The van der Waals surface area contributed by atoms with Gasteiger partial charge in [-0.1, -0.05) is 33.6 Å². The summed E-state index contributed by atoms with van der Waals surface area (Å²) >= 11 is 0. The van der Waals surface area contributed by atoms with Crippen molar-refractivity contribution in [3.63, 3.8) is 0 Å². The van der Waals surface area contributed by atoms with Crippen LogP contribution in [0.4, 0.5) is 0 Å². The third-order valence-corrected chi connectivity index (χ3v) is 3.89. The van der Waals surface area contributed by atoms with Crippen molar-refractivity contribution < 1.29 is 72.6 Å². The third-order valence-electron chi connectivity index (χ3n) is 3.89. The van der Waals surface area contributed by atoms with Crippen molar-refractivity contribution >= 4 is 11.9 Å². The molecule has 5 heteroatoms. The summed E-state index contributed by atoms with van der Waals surface area (Å²) in [5.41, 5.74) is -0.0335. The molecule has 0 saturated heterocycles. The molecule has 1 aliphatic rings. The summed E-state index contributed by atoms with van der Waals surface area (Å²) in [6.45, 7) is 6.20. The molecule has 0 spiro atoms. The summed E-state index contributed by atoms with van der Waals surface area (Å²) < 4.78 is 0. The van der Waals surface area contributed by atoms with Gasteiger partial charge in [-0.25, -0.2) is 0 Å². The molecule has 0 radical (unpaired) electrons. The monoisotopic (exact) mass is 282 g/mol.